The van der Waals surface area contributed by atoms with Crippen molar-refractivity contribution >= 4 is 6.47 Å². The van der Waals surface area contributed by atoms with Crippen LogP contribution in [0, 0.1) is 5.92 Å². The molecule has 1 unspecified atom stereocenters. The number of allylic oxidation sites excluding steroid dienone is 3. The number of rotatable bonds is 3. The SMILES string of the molecule is O=COCC1C=CC=C(O)C1. The molecule has 3 nitrogen and oxygen atoms in total. The van der Waals surface area contributed by atoms with Gasteiger partial charge in [-0.2, -0.15) is 0 Å². The summed E-state index contributed by atoms with van der Waals surface area (Å²) in [6, 6.07) is 0. The zero-order valence-corrected chi connectivity index (χ0v) is 6.06. The lowest BCUT2D eigenvalue weighted by Gasteiger charge is -2.12. The van der Waals surface area contributed by atoms with Crippen molar-refractivity contribution in [2.75, 3.05) is 6.61 Å². The number of hydrogen-bond donors (Lipinski definition) is 1. The standard InChI is InChI=1S/C8H10O3/c9-6-11-5-7-2-1-3-8(10)4-7/h1-3,6-7,10H,4-5H2. The van der Waals surface area contributed by atoms with Crippen molar-refractivity contribution in [3.8, 4) is 0 Å². The van der Waals surface area contributed by atoms with Gasteiger partial charge in [0, 0.05) is 12.3 Å². The van der Waals surface area contributed by atoms with Gasteiger partial charge in [-0.05, 0) is 6.08 Å². The van der Waals surface area contributed by atoms with Gasteiger partial charge in [-0.15, -0.1) is 0 Å². The van der Waals surface area contributed by atoms with Gasteiger partial charge in [-0.1, -0.05) is 12.2 Å². The predicted octanol–water partition coefficient (Wildman–Crippen LogP) is 1.18. The van der Waals surface area contributed by atoms with E-state index in [-0.39, 0.29) is 5.92 Å². The van der Waals surface area contributed by atoms with Crippen LogP contribution >= 0.6 is 0 Å². The summed E-state index contributed by atoms with van der Waals surface area (Å²) in [7, 11) is 0. The summed E-state index contributed by atoms with van der Waals surface area (Å²) in [6.45, 7) is 0.765. The maximum Gasteiger partial charge on any atom is 0.293 e. The lowest BCUT2D eigenvalue weighted by molar-refractivity contribution is -0.129. The number of aliphatic hydroxyl groups is 1. The first-order valence-corrected chi connectivity index (χ1v) is 3.44. The highest BCUT2D eigenvalue weighted by Crippen LogP contribution is 2.16. The Balaban J connectivity index is 2.33. The van der Waals surface area contributed by atoms with Crippen molar-refractivity contribution in [3.05, 3.63) is 24.0 Å². The minimum atomic E-state index is 0.130. The molecule has 3 heteroatoms. The lowest BCUT2D eigenvalue weighted by atomic mass is 10.0. The van der Waals surface area contributed by atoms with Crippen LogP contribution in [0.15, 0.2) is 24.0 Å². The van der Waals surface area contributed by atoms with Crippen LogP contribution in [0.25, 0.3) is 0 Å². The predicted molar refractivity (Wildman–Crippen MR) is 40.0 cm³/mol. The van der Waals surface area contributed by atoms with Gasteiger partial charge in [0.2, 0.25) is 0 Å². The molecule has 0 saturated heterocycles. The molecule has 0 fully saturated rings. The Morgan fingerprint density at radius 1 is 1.82 bits per heavy atom. The minimum absolute atomic E-state index is 0.130. The first-order valence-electron chi connectivity index (χ1n) is 3.44. The number of ether oxygens (including phenoxy) is 1. The third-order valence-electron chi connectivity index (χ3n) is 1.52. The molecule has 0 aliphatic heterocycles. The van der Waals surface area contributed by atoms with Gasteiger partial charge < -0.3 is 9.84 Å². The monoisotopic (exact) mass is 154 g/mol. The Bertz CT molecular complexity index is 194. The molecule has 0 spiro atoms. The second kappa shape index (κ2) is 3.81. The minimum Gasteiger partial charge on any atom is -0.512 e. The fraction of sp³-hybridized carbons (Fsp3) is 0.375. The van der Waals surface area contributed by atoms with Gasteiger partial charge in [0.1, 0.15) is 0 Å². The topological polar surface area (TPSA) is 46.5 Å². The Hall–Kier alpha value is -1.25. The maximum absolute atomic E-state index is 9.81. The van der Waals surface area contributed by atoms with E-state index < -0.39 is 0 Å². The van der Waals surface area contributed by atoms with Crippen LogP contribution in [0.4, 0.5) is 0 Å². The maximum atomic E-state index is 9.81. The number of hydrogen-bond acceptors (Lipinski definition) is 3. The summed E-state index contributed by atoms with van der Waals surface area (Å²) in [5.74, 6) is 0.470. The Labute approximate surface area is 65.0 Å². The smallest absolute Gasteiger partial charge is 0.293 e. The lowest BCUT2D eigenvalue weighted by Crippen LogP contribution is -2.09. The fourth-order valence-corrected chi connectivity index (χ4v) is 1.01. The van der Waals surface area contributed by atoms with Crippen molar-refractivity contribution in [1.82, 2.24) is 0 Å². The summed E-state index contributed by atoms with van der Waals surface area (Å²) in [5.41, 5.74) is 0. The van der Waals surface area contributed by atoms with Crippen molar-refractivity contribution in [2.45, 2.75) is 6.42 Å². The second-order valence-electron chi connectivity index (χ2n) is 2.44. The van der Waals surface area contributed by atoms with E-state index >= 15 is 0 Å². The second-order valence-corrected chi connectivity index (χ2v) is 2.44. The zero-order chi connectivity index (χ0) is 8.10. The molecule has 0 amide bonds. The summed E-state index contributed by atoms with van der Waals surface area (Å²) >= 11 is 0. The molecule has 0 aromatic rings. The molecule has 0 radical (unpaired) electrons. The average molecular weight is 154 g/mol. The van der Waals surface area contributed by atoms with Crippen LogP contribution in [0.1, 0.15) is 6.42 Å². The molecular weight excluding hydrogens is 144 g/mol. The van der Waals surface area contributed by atoms with Gasteiger partial charge in [-0.3, -0.25) is 4.79 Å². The number of carbonyl (C=O) groups excluding carboxylic acids is 1. The van der Waals surface area contributed by atoms with Gasteiger partial charge in [0.15, 0.2) is 0 Å². The van der Waals surface area contributed by atoms with Crippen LogP contribution in [0.2, 0.25) is 0 Å². The largest absolute Gasteiger partial charge is 0.512 e. The molecule has 1 aliphatic carbocycles. The van der Waals surface area contributed by atoms with Crippen molar-refractivity contribution in [3.63, 3.8) is 0 Å². The van der Waals surface area contributed by atoms with E-state index in [1.54, 1.807) is 12.2 Å². The van der Waals surface area contributed by atoms with E-state index in [9.17, 15) is 4.79 Å². The van der Waals surface area contributed by atoms with E-state index in [0.717, 1.165) is 0 Å². The van der Waals surface area contributed by atoms with Crippen molar-refractivity contribution < 1.29 is 14.6 Å². The van der Waals surface area contributed by atoms with E-state index in [0.29, 0.717) is 25.3 Å². The summed E-state index contributed by atoms with van der Waals surface area (Å²) in [5, 5.41) is 9.04. The highest BCUT2D eigenvalue weighted by Gasteiger charge is 2.10. The summed E-state index contributed by atoms with van der Waals surface area (Å²) in [4.78, 5) is 9.81. The molecule has 0 bridgehead atoms. The van der Waals surface area contributed by atoms with E-state index in [1.807, 2.05) is 6.08 Å². The Morgan fingerprint density at radius 2 is 2.64 bits per heavy atom. The van der Waals surface area contributed by atoms with E-state index in [2.05, 4.69) is 4.74 Å². The van der Waals surface area contributed by atoms with Gasteiger partial charge in [0.05, 0.1) is 12.4 Å². The van der Waals surface area contributed by atoms with E-state index in [1.165, 1.54) is 0 Å². The van der Waals surface area contributed by atoms with Gasteiger partial charge in [0.25, 0.3) is 6.47 Å². The molecule has 1 atom stereocenters. The van der Waals surface area contributed by atoms with Crippen molar-refractivity contribution in [2.24, 2.45) is 5.92 Å². The molecule has 60 valence electrons. The molecule has 0 saturated carbocycles. The van der Waals surface area contributed by atoms with E-state index in [4.69, 9.17) is 5.11 Å². The fourth-order valence-electron chi connectivity index (χ4n) is 1.01. The first kappa shape index (κ1) is 7.85. The van der Waals surface area contributed by atoms with Gasteiger partial charge >= 0.3 is 0 Å². The quantitative estimate of drug-likeness (QED) is 0.621. The molecular formula is C8H10O3. The molecule has 1 aliphatic rings. The number of carbonyl (C=O) groups is 1. The van der Waals surface area contributed by atoms with Crippen LogP contribution < -0.4 is 0 Å². The molecule has 1 rings (SSSR count). The highest BCUT2D eigenvalue weighted by atomic mass is 16.5. The van der Waals surface area contributed by atoms with Crippen LogP contribution in [-0.4, -0.2) is 18.2 Å². The first-order chi connectivity index (χ1) is 5.33. The third-order valence-corrected chi connectivity index (χ3v) is 1.52. The van der Waals surface area contributed by atoms with Crippen molar-refractivity contribution in [1.29, 1.82) is 0 Å². The van der Waals surface area contributed by atoms with Crippen LogP contribution in [0.3, 0.4) is 0 Å². The molecule has 0 aromatic heterocycles. The number of aliphatic hydroxyl groups excluding tert-OH is 1. The zero-order valence-electron chi connectivity index (χ0n) is 6.06. The van der Waals surface area contributed by atoms with Gasteiger partial charge in [-0.25, -0.2) is 0 Å². The molecule has 0 heterocycles. The molecule has 1 N–H and O–H groups in total. The normalized spacial score (nSPS) is 22.5. The van der Waals surface area contributed by atoms with Crippen LogP contribution in [-0.2, 0) is 9.53 Å². The van der Waals surface area contributed by atoms with Crippen LogP contribution in [0.5, 0.6) is 0 Å². The summed E-state index contributed by atoms with van der Waals surface area (Å²) in [6.07, 6.45) is 5.86. The Kier molecular flexibility index (Phi) is 2.72. The molecule has 0 aromatic carbocycles. The Morgan fingerprint density at radius 3 is 3.27 bits per heavy atom. The highest BCUT2D eigenvalue weighted by molar-refractivity contribution is 5.37. The molecule has 11 heavy (non-hydrogen) atoms. The third kappa shape index (κ3) is 2.45. The summed E-state index contributed by atoms with van der Waals surface area (Å²) < 4.78 is 4.55. The average Bonchev–Trinajstić information content (AvgIpc) is 2.01.